The van der Waals surface area contributed by atoms with Gasteiger partial charge in [0.05, 0.1) is 22.9 Å². The van der Waals surface area contributed by atoms with E-state index in [-0.39, 0.29) is 11.7 Å². The Bertz CT molecular complexity index is 632. The van der Waals surface area contributed by atoms with Crippen molar-refractivity contribution in [1.82, 2.24) is 14.2 Å². The van der Waals surface area contributed by atoms with Gasteiger partial charge in [-0.3, -0.25) is 4.79 Å². The molecule has 0 radical (unpaired) electrons. The summed E-state index contributed by atoms with van der Waals surface area (Å²) >= 11 is 1.55. The van der Waals surface area contributed by atoms with E-state index < -0.39 is 10.0 Å². The SMILES string of the molecule is CCCS(=O)(=O)N1CCN(C(=O)Cc2sc(C)nc2C)CC1. The van der Waals surface area contributed by atoms with Gasteiger partial charge >= 0.3 is 0 Å². The second-order valence-electron chi connectivity index (χ2n) is 5.51. The number of carbonyl (C=O) groups excluding carboxylic acids is 1. The van der Waals surface area contributed by atoms with Gasteiger partial charge in [0.25, 0.3) is 0 Å². The Morgan fingerprint density at radius 2 is 1.86 bits per heavy atom. The normalized spacial score (nSPS) is 17.0. The van der Waals surface area contributed by atoms with E-state index in [2.05, 4.69) is 4.98 Å². The van der Waals surface area contributed by atoms with Crippen LogP contribution in [0.25, 0.3) is 0 Å². The first kappa shape index (κ1) is 17.4. The van der Waals surface area contributed by atoms with Gasteiger partial charge in [-0.2, -0.15) is 4.31 Å². The lowest BCUT2D eigenvalue weighted by molar-refractivity contribution is -0.131. The van der Waals surface area contributed by atoms with Crippen LogP contribution in [0.1, 0.15) is 28.9 Å². The number of hydrogen-bond donors (Lipinski definition) is 0. The third-order valence-electron chi connectivity index (χ3n) is 3.76. The van der Waals surface area contributed by atoms with Crippen molar-refractivity contribution in [3.05, 3.63) is 15.6 Å². The van der Waals surface area contributed by atoms with Crippen molar-refractivity contribution >= 4 is 27.3 Å². The van der Waals surface area contributed by atoms with Crippen molar-refractivity contribution in [3.63, 3.8) is 0 Å². The summed E-state index contributed by atoms with van der Waals surface area (Å²) in [7, 11) is -3.16. The van der Waals surface area contributed by atoms with Crippen LogP contribution in [0.3, 0.4) is 0 Å². The van der Waals surface area contributed by atoms with Gasteiger partial charge in [0.2, 0.25) is 15.9 Å². The first-order valence-corrected chi connectivity index (χ1v) is 9.94. The summed E-state index contributed by atoms with van der Waals surface area (Å²) in [5.74, 6) is 0.236. The van der Waals surface area contributed by atoms with Crippen LogP contribution < -0.4 is 0 Å². The fraction of sp³-hybridized carbons (Fsp3) is 0.714. The second kappa shape index (κ2) is 7.06. The van der Waals surface area contributed by atoms with Crippen molar-refractivity contribution in [2.45, 2.75) is 33.6 Å². The number of piperazine rings is 1. The average molecular weight is 345 g/mol. The number of sulfonamides is 1. The third kappa shape index (κ3) is 4.05. The predicted molar refractivity (Wildman–Crippen MR) is 87.5 cm³/mol. The Morgan fingerprint density at radius 1 is 1.23 bits per heavy atom. The zero-order chi connectivity index (χ0) is 16.3. The van der Waals surface area contributed by atoms with Gasteiger partial charge in [-0.1, -0.05) is 6.92 Å². The number of thiazole rings is 1. The lowest BCUT2D eigenvalue weighted by atomic mass is 10.2. The fourth-order valence-corrected chi connectivity index (χ4v) is 5.01. The minimum Gasteiger partial charge on any atom is -0.340 e. The smallest absolute Gasteiger partial charge is 0.227 e. The molecule has 1 aromatic heterocycles. The first-order chi connectivity index (χ1) is 10.3. The minimum absolute atomic E-state index is 0.0549. The molecule has 124 valence electrons. The molecule has 0 unspecified atom stereocenters. The van der Waals surface area contributed by atoms with Gasteiger partial charge in [0.15, 0.2) is 0 Å². The van der Waals surface area contributed by atoms with Gasteiger partial charge in [-0.25, -0.2) is 13.4 Å². The largest absolute Gasteiger partial charge is 0.340 e. The van der Waals surface area contributed by atoms with Crippen LogP contribution in [0.2, 0.25) is 0 Å². The summed E-state index contributed by atoms with van der Waals surface area (Å²) in [4.78, 5) is 19.4. The number of rotatable bonds is 5. The average Bonchev–Trinajstić information content (AvgIpc) is 2.77. The van der Waals surface area contributed by atoms with Crippen LogP contribution in [0.4, 0.5) is 0 Å². The van der Waals surface area contributed by atoms with E-state index in [9.17, 15) is 13.2 Å². The molecule has 0 aliphatic carbocycles. The molecule has 0 N–H and O–H groups in total. The molecule has 0 atom stereocenters. The summed E-state index contributed by atoms with van der Waals surface area (Å²) in [6.07, 6.45) is 0.977. The van der Waals surface area contributed by atoms with E-state index >= 15 is 0 Å². The molecular weight excluding hydrogens is 322 g/mol. The number of aromatic nitrogens is 1. The Labute approximate surface area is 136 Å². The summed E-state index contributed by atoms with van der Waals surface area (Å²) < 4.78 is 25.5. The Balaban J connectivity index is 1.91. The van der Waals surface area contributed by atoms with E-state index in [1.807, 2.05) is 20.8 Å². The molecule has 0 saturated carbocycles. The summed E-state index contributed by atoms with van der Waals surface area (Å²) in [6, 6.07) is 0. The zero-order valence-corrected chi connectivity index (χ0v) is 15.0. The van der Waals surface area contributed by atoms with Crippen LogP contribution in [-0.2, 0) is 21.2 Å². The van der Waals surface area contributed by atoms with Crippen molar-refractivity contribution in [1.29, 1.82) is 0 Å². The number of amides is 1. The molecular formula is C14H23N3O3S2. The van der Waals surface area contributed by atoms with Crippen LogP contribution in [0.5, 0.6) is 0 Å². The molecule has 0 bridgehead atoms. The Kier molecular flexibility index (Phi) is 5.57. The minimum atomic E-state index is -3.16. The molecule has 22 heavy (non-hydrogen) atoms. The predicted octanol–water partition coefficient (Wildman–Crippen LogP) is 1.19. The van der Waals surface area contributed by atoms with Gasteiger partial charge in [-0.05, 0) is 20.3 Å². The molecule has 1 aliphatic rings. The molecule has 1 aliphatic heterocycles. The maximum atomic E-state index is 12.3. The van der Waals surface area contributed by atoms with E-state index in [1.165, 1.54) is 4.31 Å². The monoisotopic (exact) mass is 345 g/mol. The molecule has 1 saturated heterocycles. The molecule has 1 aromatic rings. The molecule has 0 spiro atoms. The lowest BCUT2D eigenvalue weighted by Crippen LogP contribution is -2.51. The standard InChI is InChI=1S/C14H23N3O3S2/c1-4-9-22(19,20)17-7-5-16(6-8-17)14(18)10-13-11(2)15-12(3)21-13/h4-10H2,1-3H3. The zero-order valence-electron chi connectivity index (χ0n) is 13.3. The Hall–Kier alpha value is -0.990. The maximum absolute atomic E-state index is 12.3. The summed E-state index contributed by atoms with van der Waals surface area (Å²) in [5, 5.41) is 0.968. The highest BCUT2D eigenvalue weighted by Gasteiger charge is 2.28. The van der Waals surface area contributed by atoms with Gasteiger partial charge in [0.1, 0.15) is 0 Å². The van der Waals surface area contributed by atoms with E-state index in [4.69, 9.17) is 0 Å². The number of hydrogen-bond acceptors (Lipinski definition) is 5. The third-order valence-corrected chi connectivity index (χ3v) is 6.91. The molecule has 6 nitrogen and oxygen atoms in total. The van der Waals surface area contributed by atoms with Crippen LogP contribution in [0, 0.1) is 13.8 Å². The quantitative estimate of drug-likeness (QED) is 0.804. The molecule has 8 heteroatoms. The number of nitrogens with zero attached hydrogens (tertiary/aromatic N) is 3. The van der Waals surface area contributed by atoms with Gasteiger partial charge < -0.3 is 4.90 Å². The highest BCUT2D eigenvalue weighted by molar-refractivity contribution is 7.89. The van der Waals surface area contributed by atoms with Crippen LogP contribution >= 0.6 is 11.3 Å². The van der Waals surface area contributed by atoms with Crippen LogP contribution in [0.15, 0.2) is 0 Å². The molecule has 0 aromatic carbocycles. The van der Waals surface area contributed by atoms with E-state index in [0.717, 1.165) is 15.6 Å². The van der Waals surface area contributed by atoms with Crippen molar-refractivity contribution in [2.24, 2.45) is 0 Å². The molecule has 1 fully saturated rings. The number of carbonyl (C=O) groups is 1. The maximum Gasteiger partial charge on any atom is 0.227 e. The topological polar surface area (TPSA) is 70.6 Å². The van der Waals surface area contributed by atoms with E-state index in [0.29, 0.717) is 39.0 Å². The van der Waals surface area contributed by atoms with Crippen molar-refractivity contribution < 1.29 is 13.2 Å². The highest BCUT2D eigenvalue weighted by Crippen LogP contribution is 2.19. The van der Waals surface area contributed by atoms with Gasteiger partial charge in [-0.15, -0.1) is 11.3 Å². The summed E-state index contributed by atoms with van der Waals surface area (Å²) in [5.41, 5.74) is 0.917. The molecule has 1 amide bonds. The number of aryl methyl sites for hydroxylation is 2. The summed E-state index contributed by atoms with van der Waals surface area (Å²) in [6.45, 7) is 7.45. The first-order valence-electron chi connectivity index (χ1n) is 7.52. The van der Waals surface area contributed by atoms with E-state index in [1.54, 1.807) is 16.2 Å². The molecule has 2 heterocycles. The lowest BCUT2D eigenvalue weighted by Gasteiger charge is -2.34. The molecule has 2 rings (SSSR count). The second-order valence-corrected chi connectivity index (χ2v) is 8.89. The fourth-order valence-electron chi connectivity index (χ4n) is 2.59. The van der Waals surface area contributed by atoms with Crippen molar-refractivity contribution in [2.75, 3.05) is 31.9 Å². The Morgan fingerprint density at radius 3 is 2.36 bits per heavy atom. The van der Waals surface area contributed by atoms with Crippen molar-refractivity contribution in [3.8, 4) is 0 Å². The highest BCUT2D eigenvalue weighted by atomic mass is 32.2. The van der Waals surface area contributed by atoms with Crippen LogP contribution in [-0.4, -0.2) is 60.4 Å². The van der Waals surface area contributed by atoms with Gasteiger partial charge in [0, 0.05) is 31.1 Å².